The van der Waals surface area contributed by atoms with E-state index in [1.807, 2.05) is 0 Å². The van der Waals surface area contributed by atoms with Crippen molar-refractivity contribution < 1.29 is 23.1 Å². The van der Waals surface area contributed by atoms with Crippen molar-refractivity contribution in [3.05, 3.63) is 34.3 Å². The third kappa shape index (κ3) is 3.61. The molecule has 0 aliphatic carbocycles. The lowest BCUT2D eigenvalue weighted by Crippen LogP contribution is -2.30. The van der Waals surface area contributed by atoms with Crippen molar-refractivity contribution in [3.8, 4) is 0 Å². The van der Waals surface area contributed by atoms with E-state index in [4.69, 9.17) is 5.11 Å². The van der Waals surface area contributed by atoms with E-state index >= 15 is 0 Å². The number of ketones is 1. The van der Waals surface area contributed by atoms with Gasteiger partial charge in [0.15, 0.2) is 11.9 Å². The van der Waals surface area contributed by atoms with Crippen LogP contribution in [0.25, 0.3) is 0 Å². The lowest BCUT2D eigenvalue weighted by molar-refractivity contribution is -0.202. The van der Waals surface area contributed by atoms with E-state index in [-0.39, 0.29) is 5.56 Å². The molecule has 0 fully saturated rings. The largest absolute Gasteiger partial charge is 0.414 e. The number of alkyl halides is 3. The predicted molar refractivity (Wildman–Crippen MR) is 55.2 cm³/mol. The summed E-state index contributed by atoms with van der Waals surface area (Å²) < 4.78 is 36.7. The van der Waals surface area contributed by atoms with Crippen molar-refractivity contribution in [2.24, 2.45) is 0 Å². The Morgan fingerprint density at radius 1 is 1.31 bits per heavy atom. The Bertz CT molecular complexity index is 373. The minimum atomic E-state index is -4.76. The van der Waals surface area contributed by atoms with Crippen LogP contribution < -0.4 is 0 Å². The van der Waals surface area contributed by atoms with Gasteiger partial charge in [-0.1, -0.05) is 28.1 Å². The van der Waals surface area contributed by atoms with E-state index in [0.29, 0.717) is 0 Å². The quantitative estimate of drug-likeness (QED) is 0.871. The number of rotatable bonds is 3. The van der Waals surface area contributed by atoms with Gasteiger partial charge in [0.05, 0.1) is 0 Å². The monoisotopic (exact) mass is 296 g/mol. The van der Waals surface area contributed by atoms with Crippen molar-refractivity contribution in [1.29, 1.82) is 0 Å². The highest BCUT2D eigenvalue weighted by Gasteiger charge is 2.39. The van der Waals surface area contributed by atoms with Crippen LogP contribution in [0.5, 0.6) is 0 Å². The van der Waals surface area contributed by atoms with Gasteiger partial charge in [0.25, 0.3) is 0 Å². The van der Waals surface area contributed by atoms with Crippen LogP contribution in [0, 0.1) is 0 Å². The fourth-order valence-electron chi connectivity index (χ4n) is 1.04. The molecule has 2 nitrogen and oxygen atoms in total. The van der Waals surface area contributed by atoms with Crippen molar-refractivity contribution in [3.63, 3.8) is 0 Å². The third-order valence-corrected chi connectivity index (χ3v) is 2.45. The van der Waals surface area contributed by atoms with Crippen LogP contribution in [0.2, 0.25) is 0 Å². The number of benzene rings is 1. The standard InChI is InChI=1S/C10H8BrF3O2/c11-7-3-1-6(2-4-7)8(15)5-9(16)10(12,13)14/h1-4,9,16H,5H2/t9-/m0/s1. The molecule has 1 rings (SSSR count). The summed E-state index contributed by atoms with van der Waals surface area (Å²) in [6, 6.07) is 5.89. The van der Waals surface area contributed by atoms with Crippen molar-refractivity contribution in [1.82, 2.24) is 0 Å². The number of aliphatic hydroxyl groups excluding tert-OH is 1. The first-order chi connectivity index (χ1) is 7.30. The number of halogens is 4. The molecular weight excluding hydrogens is 289 g/mol. The summed E-state index contributed by atoms with van der Waals surface area (Å²) in [5, 5.41) is 8.72. The molecule has 0 heterocycles. The first-order valence-electron chi connectivity index (χ1n) is 4.34. The van der Waals surface area contributed by atoms with Crippen LogP contribution in [-0.2, 0) is 0 Å². The second kappa shape index (κ2) is 4.97. The van der Waals surface area contributed by atoms with Crippen LogP contribution in [0.4, 0.5) is 13.2 Å². The summed E-state index contributed by atoms with van der Waals surface area (Å²) in [7, 11) is 0. The zero-order chi connectivity index (χ0) is 12.3. The smallest absolute Gasteiger partial charge is 0.383 e. The molecule has 16 heavy (non-hydrogen) atoms. The number of aliphatic hydroxyl groups is 1. The Morgan fingerprint density at radius 3 is 2.25 bits per heavy atom. The normalized spacial score (nSPS) is 13.6. The molecule has 0 aliphatic rings. The number of hydrogen-bond acceptors (Lipinski definition) is 2. The molecule has 88 valence electrons. The number of hydrogen-bond donors (Lipinski definition) is 1. The van der Waals surface area contributed by atoms with Gasteiger partial charge in [-0.3, -0.25) is 4.79 Å². The fourth-order valence-corrected chi connectivity index (χ4v) is 1.31. The maximum absolute atomic E-state index is 12.0. The molecule has 1 atom stereocenters. The average molecular weight is 297 g/mol. The zero-order valence-electron chi connectivity index (χ0n) is 7.96. The summed E-state index contributed by atoms with van der Waals surface area (Å²) in [6.45, 7) is 0. The highest BCUT2D eigenvalue weighted by atomic mass is 79.9. The molecule has 6 heteroatoms. The average Bonchev–Trinajstić information content (AvgIpc) is 2.17. The second-order valence-electron chi connectivity index (χ2n) is 3.19. The molecule has 0 amide bonds. The maximum atomic E-state index is 12.0. The SMILES string of the molecule is O=C(C[C@H](O)C(F)(F)F)c1ccc(Br)cc1. The van der Waals surface area contributed by atoms with Gasteiger partial charge in [0.1, 0.15) is 0 Å². The van der Waals surface area contributed by atoms with Crippen molar-refractivity contribution >= 4 is 21.7 Å². The molecule has 0 aliphatic heterocycles. The summed E-state index contributed by atoms with van der Waals surface area (Å²) in [5.74, 6) is -0.739. The lowest BCUT2D eigenvalue weighted by atomic mass is 10.1. The van der Waals surface area contributed by atoms with Gasteiger partial charge in [0, 0.05) is 16.5 Å². The zero-order valence-corrected chi connectivity index (χ0v) is 9.55. The molecule has 0 bridgehead atoms. The molecule has 0 spiro atoms. The van der Waals surface area contributed by atoms with E-state index < -0.39 is 24.5 Å². The van der Waals surface area contributed by atoms with Gasteiger partial charge in [0.2, 0.25) is 0 Å². The van der Waals surface area contributed by atoms with Gasteiger partial charge in [-0.2, -0.15) is 13.2 Å². The fraction of sp³-hybridized carbons (Fsp3) is 0.300. The first kappa shape index (κ1) is 13.2. The molecule has 0 radical (unpaired) electrons. The van der Waals surface area contributed by atoms with Crippen LogP contribution in [0.3, 0.4) is 0 Å². The number of carbonyl (C=O) groups excluding carboxylic acids is 1. The van der Waals surface area contributed by atoms with E-state index in [2.05, 4.69) is 15.9 Å². The van der Waals surface area contributed by atoms with E-state index in [1.165, 1.54) is 12.1 Å². The molecule has 0 unspecified atom stereocenters. The molecule has 0 saturated carbocycles. The lowest BCUT2D eigenvalue weighted by Gasteiger charge is -2.13. The van der Waals surface area contributed by atoms with E-state index in [9.17, 15) is 18.0 Å². The summed E-state index contributed by atoms with van der Waals surface area (Å²) in [5.41, 5.74) is 0.145. The Hall–Kier alpha value is -0.880. The molecule has 1 aromatic rings. The van der Waals surface area contributed by atoms with Crippen LogP contribution in [0.1, 0.15) is 16.8 Å². The molecule has 0 saturated heterocycles. The summed E-state index contributed by atoms with van der Waals surface area (Å²) >= 11 is 3.14. The molecular formula is C10H8BrF3O2. The van der Waals surface area contributed by atoms with Gasteiger partial charge < -0.3 is 5.11 Å². The topological polar surface area (TPSA) is 37.3 Å². The van der Waals surface area contributed by atoms with Crippen LogP contribution >= 0.6 is 15.9 Å². The van der Waals surface area contributed by atoms with Crippen LogP contribution in [-0.4, -0.2) is 23.2 Å². The number of Topliss-reactive ketones (excluding diaryl/α,β-unsaturated/α-hetero) is 1. The minimum Gasteiger partial charge on any atom is -0.383 e. The van der Waals surface area contributed by atoms with Crippen molar-refractivity contribution in [2.75, 3.05) is 0 Å². The Labute approximate surface area is 98.2 Å². The van der Waals surface area contributed by atoms with E-state index in [1.54, 1.807) is 12.1 Å². The summed E-state index contributed by atoms with van der Waals surface area (Å²) in [4.78, 5) is 11.3. The molecule has 1 N–H and O–H groups in total. The van der Waals surface area contributed by atoms with Gasteiger partial charge in [-0.05, 0) is 12.1 Å². The third-order valence-electron chi connectivity index (χ3n) is 1.92. The first-order valence-corrected chi connectivity index (χ1v) is 5.13. The van der Waals surface area contributed by atoms with Gasteiger partial charge in [-0.15, -0.1) is 0 Å². The highest BCUT2D eigenvalue weighted by Crippen LogP contribution is 2.23. The van der Waals surface area contributed by atoms with E-state index in [0.717, 1.165) is 4.47 Å². The maximum Gasteiger partial charge on any atom is 0.414 e. The molecule has 0 aromatic heterocycles. The van der Waals surface area contributed by atoms with Crippen LogP contribution in [0.15, 0.2) is 28.7 Å². The highest BCUT2D eigenvalue weighted by molar-refractivity contribution is 9.10. The molecule has 1 aromatic carbocycles. The van der Waals surface area contributed by atoms with Gasteiger partial charge >= 0.3 is 6.18 Å². The number of carbonyl (C=O) groups is 1. The minimum absolute atomic E-state index is 0.145. The predicted octanol–water partition coefficient (Wildman–Crippen LogP) is 2.95. The van der Waals surface area contributed by atoms with Crippen molar-refractivity contribution in [2.45, 2.75) is 18.7 Å². The Morgan fingerprint density at radius 2 is 1.81 bits per heavy atom. The Balaban J connectivity index is 2.70. The second-order valence-corrected chi connectivity index (χ2v) is 4.11. The Kier molecular flexibility index (Phi) is 4.09. The van der Waals surface area contributed by atoms with Gasteiger partial charge in [-0.25, -0.2) is 0 Å². The summed E-state index contributed by atoms with van der Waals surface area (Å²) in [6.07, 6.45) is -8.32.